The number of thiophene rings is 1. The first-order chi connectivity index (χ1) is 17.9. The number of hydrogen-bond donors (Lipinski definition) is 1. The summed E-state index contributed by atoms with van der Waals surface area (Å²) in [5, 5.41) is 3.70. The zero-order valence-corrected chi connectivity index (χ0v) is 21.3. The van der Waals surface area contributed by atoms with E-state index < -0.39 is 17.1 Å². The molecule has 37 heavy (non-hydrogen) atoms. The van der Waals surface area contributed by atoms with E-state index in [0.717, 1.165) is 32.0 Å². The number of ether oxygens (including phenoxy) is 1. The van der Waals surface area contributed by atoms with Gasteiger partial charge in [-0.15, -0.1) is 11.3 Å². The number of imidazole rings is 1. The van der Waals surface area contributed by atoms with Crippen molar-refractivity contribution in [2.24, 2.45) is 0 Å². The quantitative estimate of drug-likeness (QED) is 0.382. The molecule has 3 aromatic heterocycles. The Kier molecular flexibility index (Phi) is 5.58. The van der Waals surface area contributed by atoms with Gasteiger partial charge in [-0.05, 0) is 61.4 Å². The highest BCUT2D eigenvalue weighted by atomic mass is 32.1. The van der Waals surface area contributed by atoms with Crippen molar-refractivity contribution >= 4 is 21.6 Å². The summed E-state index contributed by atoms with van der Waals surface area (Å²) in [4.78, 5) is 33.3. The molecular formula is C27H24FN5O3S. The normalized spacial score (nSPS) is 13.7. The minimum atomic E-state index is -0.432. The number of hydrogen-bond acceptors (Lipinski definition) is 6. The predicted octanol–water partition coefficient (Wildman–Crippen LogP) is 3.98. The highest BCUT2D eigenvalue weighted by Gasteiger charge is 2.28. The van der Waals surface area contributed by atoms with E-state index in [1.807, 2.05) is 42.8 Å². The number of aromatic nitrogens is 4. The van der Waals surface area contributed by atoms with Gasteiger partial charge in [0.15, 0.2) is 0 Å². The second kappa shape index (κ2) is 8.82. The van der Waals surface area contributed by atoms with Crippen LogP contribution in [-0.2, 0) is 0 Å². The molecule has 8 nitrogen and oxygen atoms in total. The molecule has 2 aromatic carbocycles. The van der Waals surface area contributed by atoms with Gasteiger partial charge in [-0.2, -0.15) is 0 Å². The highest BCUT2D eigenvalue weighted by Crippen LogP contribution is 2.40. The van der Waals surface area contributed by atoms with E-state index in [0.29, 0.717) is 34.7 Å². The lowest BCUT2D eigenvalue weighted by atomic mass is 10.1. The van der Waals surface area contributed by atoms with Crippen LogP contribution in [-0.4, -0.2) is 38.9 Å². The average Bonchev–Trinajstić information content (AvgIpc) is 3.44. The Hall–Kier alpha value is -4.02. The number of fused-ring (bicyclic) bond motifs is 1. The van der Waals surface area contributed by atoms with Gasteiger partial charge in [-0.1, -0.05) is 6.07 Å². The summed E-state index contributed by atoms with van der Waals surface area (Å²) in [6, 6.07) is 11.2. The molecule has 0 spiro atoms. The van der Waals surface area contributed by atoms with Crippen molar-refractivity contribution in [2.45, 2.75) is 19.9 Å². The predicted molar refractivity (Wildman–Crippen MR) is 142 cm³/mol. The third-order valence-corrected chi connectivity index (χ3v) is 8.14. The second-order valence-corrected chi connectivity index (χ2v) is 10.1. The maximum Gasteiger partial charge on any atom is 0.337 e. The van der Waals surface area contributed by atoms with E-state index in [2.05, 4.69) is 10.3 Å². The van der Waals surface area contributed by atoms with Gasteiger partial charge in [0.05, 0.1) is 41.9 Å². The van der Waals surface area contributed by atoms with Crippen molar-refractivity contribution in [3.63, 3.8) is 0 Å². The van der Waals surface area contributed by atoms with Crippen molar-refractivity contribution in [3.8, 4) is 27.6 Å². The summed E-state index contributed by atoms with van der Waals surface area (Å²) in [7, 11) is 1.62. The van der Waals surface area contributed by atoms with Gasteiger partial charge in [-0.3, -0.25) is 9.36 Å². The van der Waals surface area contributed by atoms with E-state index >= 15 is 0 Å². The number of halogens is 1. The molecule has 0 amide bonds. The molecule has 4 heterocycles. The first-order valence-electron chi connectivity index (χ1n) is 11.8. The van der Waals surface area contributed by atoms with Crippen LogP contribution in [0.3, 0.4) is 0 Å². The average molecular weight is 518 g/mol. The molecular weight excluding hydrogens is 493 g/mol. The van der Waals surface area contributed by atoms with E-state index in [9.17, 15) is 14.0 Å². The van der Waals surface area contributed by atoms with Crippen molar-refractivity contribution in [3.05, 3.63) is 92.9 Å². The molecule has 1 fully saturated rings. The number of benzene rings is 2. The fourth-order valence-corrected chi connectivity index (χ4v) is 6.13. The van der Waals surface area contributed by atoms with Crippen LogP contribution in [0.1, 0.15) is 17.3 Å². The molecule has 0 bridgehead atoms. The van der Waals surface area contributed by atoms with Crippen LogP contribution in [0, 0.1) is 19.7 Å². The number of nitrogens with one attached hydrogen (secondary N) is 1. The Balaban J connectivity index is 1.59. The van der Waals surface area contributed by atoms with Gasteiger partial charge in [0.25, 0.3) is 5.56 Å². The Labute approximate surface area is 215 Å². The van der Waals surface area contributed by atoms with E-state index in [-0.39, 0.29) is 6.04 Å². The Morgan fingerprint density at radius 1 is 1.11 bits per heavy atom. The molecule has 1 aliphatic heterocycles. The molecule has 6 rings (SSSR count). The summed E-state index contributed by atoms with van der Waals surface area (Å²) in [6.45, 7) is 5.09. The van der Waals surface area contributed by atoms with E-state index in [1.165, 1.54) is 35.6 Å². The third kappa shape index (κ3) is 3.71. The molecule has 1 N–H and O–H groups in total. The van der Waals surface area contributed by atoms with Gasteiger partial charge in [0.2, 0.25) is 0 Å². The van der Waals surface area contributed by atoms with Crippen LogP contribution in [0.15, 0.2) is 64.6 Å². The van der Waals surface area contributed by atoms with E-state index in [1.54, 1.807) is 18.0 Å². The van der Waals surface area contributed by atoms with Gasteiger partial charge >= 0.3 is 5.69 Å². The molecule has 188 valence electrons. The van der Waals surface area contributed by atoms with Gasteiger partial charge < -0.3 is 14.6 Å². The lowest BCUT2D eigenvalue weighted by Crippen LogP contribution is -2.50. The van der Waals surface area contributed by atoms with Gasteiger partial charge in [0, 0.05) is 24.2 Å². The number of rotatable bonds is 5. The zero-order valence-electron chi connectivity index (χ0n) is 20.5. The van der Waals surface area contributed by atoms with Crippen LogP contribution in [0.25, 0.3) is 32.0 Å². The van der Waals surface area contributed by atoms with Crippen molar-refractivity contribution < 1.29 is 9.13 Å². The van der Waals surface area contributed by atoms with Crippen LogP contribution in [0.5, 0.6) is 5.75 Å². The lowest BCUT2D eigenvalue weighted by Gasteiger charge is -2.29. The van der Waals surface area contributed by atoms with Gasteiger partial charge in [0.1, 0.15) is 16.4 Å². The fraction of sp³-hybridized carbons (Fsp3) is 0.222. The fourth-order valence-electron chi connectivity index (χ4n) is 4.77. The maximum absolute atomic E-state index is 13.8. The number of methoxy groups -OCH3 is 1. The van der Waals surface area contributed by atoms with Crippen molar-refractivity contribution in [2.75, 3.05) is 20.2 Å². The smallest absolute Gasteiger partial charge is 0.337 e. The van der Waals surface area contributed by atoms with Gasteiger partial charge in [-0.25, -0.2) is 18.7 Å². The van der Waals surface area contributed by atoms with Crippen LogP contribution in [0.4, 0.5) is 4.39 Å². The van der Waals surface area contributed by atoms with Crippen molar-refractivity contribution in [1.82, 2.24) is 24.0 Å². The first kappa shape index (κ1) is 23.4. The topological polar surface area (TPSA) is 83.1 Å². The van der Waals surface area contributed by atoms with E-state index in [4.69, 9.17) is 4.74 Å². The molecule has 10 heteroatoms. The molecule has 0 saturated carbocycles. The Morgan fingerprint density at radius 3 is 2.49 bits per heavy atom. The summed E-state index contributed by atoms with van der Waals surface area (Å²) in [6.07, 6.45) is 3.66. The Bertz CT molecular complexity index is 1780. The second-order valence-electron chi connectivity index (χ2n) is 9.13. The lowest BCUT2D eigenvalue weighted by molar-refractivity contribution is 0.339. The standard InChI is InChI=1S/C27H24FN5O3S/c1-15-13-31(14-30-15)21-9-4-17(10-22(21)36-3)24-16(2)23-25(34)32(19-7-5-18(28)6-8-19)27(35)33(26(23)37-24)20-11-29-12-20/h4-10,13-14,20,29H,11-12H2,1-3H3. The summed E-state index contributed by atoms with van der Waals surface area (Å²) >= 11 is 1.43. The van der Waals surface area contributed by atoms with Crippen LogP contribution >= 0.6 is 11.3 Å². The number of nitrogens with zero attached hydrogens (tertiary/aromatic N) is 4. The molecule has 5 aromatic rings. The molecule has 0 atom stereocenters. The minimum absolute atomic E-state index is 0.0745. The first-order valence-corrected chi connectivity index (χ1v) is 12.7. The van der Waals surface area contributed by atoms with Crippen LogP contribution < -0.4 is 21.3 Å². The highest BCUT2D eigenvalue weighted by molar-refractivity contribution is 7.22. The zero-order chi connectivity index (χ0) is 25.8. The summed E-state index contributed by atoms with van der Waals surface area (Å²) in [5.74, 6) is 0.231. The Morgan fingerprint density at radius 2 is 1.86 bits per heavy atom. The van der Waals surface area contributed by atoms with Crippen LogP contribution in [0.2, 0.25) is 0 Å². The minimum Gasteiger partial charge on any atom is -0.495 e. The SMILES string of the molecule is COc1cc(-c2sc3c(c2C)c(=O)n(-c2ccc(F)cc2)c(=O)n3C2CNC2)ccc1-n1cnc(C)c1. The molecule has 0 unspecified atom stereocenters. The summed E-state index contributed by atoms with van der Waals surface area (Å²) in [5.41, 5.74) is 2.92. The van der Waals surface area contributed by atoms with Crippen molar-refractivity contribution in [1.29, 1.82) is 0 Å². The monoisotopic (exact) mass is 517 g/mol. The third-order valence-electron chi connectivity index (χ3n) is 6.80. The molecule has 1 saturated heterocycles. The maximum atomic E-state index is 13.8. The molecule has 0 aliphatic carbocycles. The molecule has 0 radical (unpaired) electrons. The molecule has 1 aliphatic rings. The largest absolute Gasteiger partial charge is 0.495 e. The number of aryl methyl sites for hydroxylation is 2. The summed E-state index contributed by atoms with van der Waals surface area (Å²) < 4.78 is 24.0.